The quantitative estimate of drug-likeness (QED) is 0.418. The molecule has 0 aromatic heterocycles. The van der Waals surface area contributed by atoms with E-state index in [-0.39, 0.29) is 16.5 Å². The van der Waals surface area contributed by atoms with Gasteiger partial charge in [0.2, 0.25) is 0 Å². The van der Waals surface area contributed by atoms with Gasteiger partial charge in [0.15, 0.2) is 0 Å². The predicted octanol–water partition coefficient (Wildman–Crippen LogP) is 3.58. The number of nitro benzene ring substituents is 1. The van der Waals surface area contributed by atoms with E-state index in [1.54, 1.807) is 12.1 Å². The first-order valence-electron chi connectivity index (χ1n) is 10.6. The summed E-state index contributed by atoms with van der Waals surface area (Å²) in [6.45, 7) is 6.82. The minimum absolute atomic E-state index is 0.0219. The van der Waals surface area contributed by atoms with Crippen molar-refractivity contribution >= 4 is 17.3 Å². The van der Waals surface area contributed by atoms with Crippen LogP contribution in [0.2, 0.25) is 0 Å². The van der Waals surface area contributed by atoms with Crippen LogP contribution in [0, 0.1) is 10.1 Å². The van der Waals surface area contributed by atoms with Crippen LogP contribution in [0.4, 0.5) is 11.4 Å². The lowest BCUT2D eigenvalue weighted by Gasteiger charge is -2.33. The van der Waals surface area contributed by atoms with Crippen LogP contribution in [0.1, 0.15) is 62.2 Å². The van der Waals surface area contributed by atoms with Crippen molar-refractivity contribution in [3.63, 3.8) is 0 Å². The minimum Gasteiger partial charge on any atom is -0.366 e. The topological polar surface area (TPSA) is 78.7 Å². The van der Waals surface area contributed by atoms with E-state index in [0.717, 1.165) is 45.3 Å². The molecule has 2 aliphatic rings. The summed E-state index contributed by atoms with van der Waals surface area (Å²) >= 11 is 0. The number of piperidine rings is 1. The molecule has 0 saturated carbocycles. The van der Waals surface area contributed by atoms with Crippen LogP contribution in [0.5, 0.6) is 0 Å². The van der Waals surface area contributed by atoms with Crippen molar-refractivity contribution in [3.8, 4) is 0 Å². The van der Waals surface area contributed by atoms with Gasteiger partial charge in [-0.15, -0.1) is 0 Å². The number of hydrogen-bond acceptors (Lipinski definition) is 5. The molecule has 7 heteroatoms. The fourth-order valence-electron chi connectivity index (χ4n) is 4.27. The highest BCUT2D eigenvalue weighted by molar-refractivity contribution is 5.95. The molecule has 28 heavy (non-hydrogen) atoms. The summed E-state index contributed by atoms with van der Waals surface area (Å²) in [7, 11) is 0. The number of carbonyl (C=O) groups is 1. The van der Waals surface area contributed by atoms with Crippen molar-refractivity contribution in [1.82, 2.24) is 10.2 Å². The van der Waals surface area contributed by atoms with Gasteiger partial charge in [-0.05, 0) is 70.7 Å². The molecule has 2 aliphatic heterocycles. The molecule has 2 saturated heterocycles. The standard InChI is InChI=1S/C21H32N4O3/c1-17-8-2-4-12-23(17)13-5-3-11-22-21(26)18-9-10-19(20(16-18)25(27)28)24-14-6-7-15-24/h9-10,16-17H,2-8,11-15H2,1H3,(H,22,26). The van der Waals surface area contributed by atoms with Crippen molar-refractivity contribution in [2.45, 2.75) is 57.9 Å². The third-order valence-corrected chi connectivity index (χ3v) is 5.98. The highest BCUT2D eigenvalue weighted by Gasteiger charge is 2.24. The number of nitrogens with one attached hydrogen (secondary N) is 1. The van der Waals surface area contributed by atoms with Gasteiger partial charge in [0.1, 0.15) is 5.69 Å². The van der Waals surface area contributed by atoms with Crippen LogP contribution < -0.4 is 10.2 Å². The van der Waals surface area contributed by atoms with Crippen molar-refractivity contribution in [2.24, 2.45) is 0 Å². The molecule has 1 aromatic rings. The van der Waals surface area contributed by atoms with Crippen LogP contribution in [0.25, 0.3) is 0 Å². The Labute approximate surface area is 167 Å². The average Bonchev–Trinajstić information content (AvgIpc) is 3.23. The predicted molar refractivity (Wildman–Crippen MR) is 111 cm³/mol. The van der Waals surface area contributed by atoms with Crippen molar-refractivity contribution in [1.29, 1.82) is 0 Å². The van der Waals surface area contributed by atoms with E-state index in [1.165, 1.54) is 31.9 Å². The Kier molecular flexibility index (Phi) is 7.25. The lowest BCUT2D eigenvalue weighted by atomic mass is 10.0. The molecular weight excluding hydrogens is 356 g/mol. The number of hydrogen-bond donors (Lipinski definition) is 1. The lowest BCUT2D eigenvalue weighted by molar-refractivity contribution is -0.384. The van der Waals surface area contributed by atoms with Crippen LogP contribution in [-0.4, -0.2) is 54.5 Å². The number of unbranched alkanes of at least 4 members (excludes halogenated alkanes) is 1. The van der Waals surface area contributed by atoms with E-state index in [9.17, 15) is 14.9 Å². The number of anilines is 1. The Morgan fingerprint density at radius 2 is 1.93 bits per heavy atom. The van der Waals surface area contributed by atoms with Gasteiger partial charge in [0.25, 0.3) is 11.6 Å². The molecular formula is C21H32N4O3. The molecule has 1 amide bonds. The van der Waals surface area contributed by atoms with Crippen LogP contribution >= 0.6 is 0 Å². The highest BCUT2D eigenvalue weighted by atomic mass is 16.6. The van der Waals surface area contributed by atoms with Gasteiger partial charge in [-0.25, -0.2) is 0 Å². The number of likely N-dealkylation sites (tertiary alicyclic amines) is 1. The third-order valence-electron chi connectivity index (χ3n) is 5.98. The number of amides is 1. The second-order valence-corrected chi connectivity index (χ2v) is 8.00. The molecule has 154 valence electrons. The van der Waals surface area contributed by atoms with E-state index >= 15 is 0 Å². The van der Waals surface area contributed by atoms with Gasteiger partial charge in [-0.2, -0.15) is 0 Å². The fraction of sp³-hybridized carbons (Fsp3) is 0.667. The van der Waals surface area contributed by atoms with Crippen LogP contribution in [0.15, 0.2) is 18.2 Å². The van der Waals surface area contributed by atoms with Crippen molar-refractivity contribution in [2.75, 3.05) is 37.6 Å². The van der Waals surface area contributed by atoms with E-state index in [4.69, 9.17) is 0 Å². The molecule has 0 spiro atoms. The largest absolute Gasteiger partial charge is 0.366 e. The highest BCUT2D eigenvalue weighted by Crippen LogP contribution is 2.31. The monoisotopic (exact) mass is 388 g/mol. The first-order valence-corrected chi connectivity index (χ1v) is 10.6. The Morgan fingerprint density at radius 3 is 2.64 bits per heavy atom. The molecule has 2 heterocycles. The first kappa shape index (κ1) is 20.6. The smallest absolute Gasteiger partial charge is 0.293 e. The lowest BCUT2D eigenvalue weighted by Crippen LogP contribution is -2.38. The summed E-state index contributed by atoms with van der Waals surface area (Å²) in [5.74, 6) is -0.234. The van der Waals surface area contributed by atoms with Crippen molar-refractivity contribution < 1.29 is 9.72 Å². The second kappa shape index (κ2) is 9.87. The Morgan fingerprint density at radius 1 is 1.18 bits per heavy atom. The SMILES string of the molecule is CC1CCCCN1CCCCNC(=O)c1ccc(N2CCCC2)c([N+](=O)[O-])c1. The molecule has 1 N–H and O–H groups in total. The summed E-state index contributed by atoms with van der Waals surface area (Å²) in [5, 5.41) is 14.4. The molecule has 1 aromatic carbocycles. The first-order chi connectivity index (χ1) is 13.6. The molecule has 3 rings (SSSR count). The molecule has 7 nitrogen and oxygen atoms in total. The number of benzene rings is 1. The van der Waals surface area contributed by atoms with Gasteiger partial charge in [0.05, 0.1) is 4.92 Å². The Bertz CT molecular complexity index is 688. The summed E-state index contributed by atoms with van der Waals surface area (Å²) in [6.07, 6.45) is 7.97. The van der Waals surface area contributed by atoms with E-state index in [0.29, 0.717) is 23.8 Å². The number of nitro groups is 1. The van der Waals surface area contributed by atoms with Crippen LogP contribution in [-0.2, 0) is 0 Å². The Hall–Kier alpha value is -2.15. The van der Waals surface area contributed by atoms with Gasteiger partial charge < -0.3 is 15.1 Å². The molecule has 1 unspecified atom stereocenters. The van der Waals surface area contributed by atoms with E-state index in [2.05, 4.69) is 17.1 Å². The maximum atomic E-state index is 12.4. The van der Waals surface area contributed by atoms with Gasteiger partial charge in [-0.1, -0.05) is 6.42 Å². The summed E-state index contributed by atoms with van der Waals surface area (Å²) in [4.78, 5) is 28.1. The average molecular weight is 389 g/mol. The maximum Gasteiger partial charge on any atom is 0.293 e. The third kappa shape index (κ3) is 5.22. The molecule has 0 bridgehead atoms. The van der Waals surface area contributed by atoms with Crippen molar-refractivity contribution in [3.05, 3.63) is 33.9 Å². The van der Waals surface area contributed by atoms with E-state index < -0.39 is 0 Å². The zero-order valence-corrected chi connectivity index (χ0v) is 16.9. The van der Waals surface area contributed by atoms with Gasteiger partial charge in [0, 0.05) is 37.3 Å². The maximum absolute atomic E-state index is 12.4. The molecule has 0 aliphatic carbocycles. The zero-order chi connectivity index (χ0) is 19.9. The van der Waals surface area contributed by atoms with Crippen LogP contribution in [0.3, 0.4) is 0 Å². The molecule has 2 fully saturated rings. The number of rotatable bonds is 8. The minimum atomic E-state index is -0.385. The van der Waals surface area contributed by atoms with Gasteiger partial charge >= 0.3 is 0 Å². The summed E-state index contributed by atoms with van der Waals surface area (Å²) in [5.41, 5.74) is 1.00. The summed E-state index contributed by atoms with van der Waals surface area (Å²) < 4.78 is 0. The number of carbonyl (C=O) groups excluding carboxylic acids is 1. The number of nitrogens with zero attached hydrogens (tertiary/aromatic N) is 3. The Balaban J connectivity index is 1.48. The van der Waals surface area contributed by atoms with E-state index in [1.807, 2.05) is 4.90 Å². The normalized spacial score (nSPS) is 20.3. The summed E-state index contributed by atoms with van der Waals surface area (Å²) in [6, 6.07) is 5.50. The second-order valence-electron chi connectivity index (χ2n) is 8.00. The molecule has 1 atom stereocenters. The van der Waals surface area contributed by atoms with Gasteiger partial charge in [-0.3, -0.25) is 14.9 Å². The molecule has 0 radical (unpaired) electrons. The zero-order valence-electron chi connectivity index (χ0n) is 16.9. The fourth-order valence-corrected chi connectivity index (χ4v) is 4.27.